The second-order valence-corrected chi connectivity index (χ2v) is 7.81. The molecule has 2 N–H and O–H groups in total. The second kappa shape index (κ2) is 6.85. The van der Waals surface area contributed by atoms with Crippen molar-refractivity contribution in [3.8, 4) is 11.3 Å². The number of nitrogens with one attached hydrogen (secondary N) is 2. The first-order valence-corrected chi connectivity index (χ1v) is 9.90. The van der Waals surface area contributed by atoms with E-state index in [2.05, 4.69) is 45.6 Å². The van der Waals surface area contributed by atoms with Crippen molar-refractivity contribution in [2.45, 2.75) is 26.2 Å². The van der Waals surface area contributed by atoms with Gasteiger partial charge in [0.1, 0.15) is 5.69 Å². The van der Waals surface area contributed by atoms with E-state index in [-0.39, 0.29) is 17.7 Å². The SMILES string of the molecule is Cc1cc(-c2n[nH]c3cc4c(cc23)CC(C(C)c2ccccc2)C(=O)N4)ccn1. The summed E-state index contributed by atoms with van der Waals surface area (Å²) in [5.41, 5.74) is 7.05. The van der Waals surface area contributed by atoms with Gasteiger partial charge in [0.05, 0.1) is 5.52 Å². The van der Waals surface area contributed by atoms with Crippen LogP contribution in [0.5, 0.6) is 0 Å². The molecule has 2 aromatic heterocycles. The molecule has 5 rings (SSSR count). The summed E-state index contributed by atoms with van der Waals surface area (Å²) in [6.45, 7) is 4.11. The summed E-state index contributed by atoms with van der Waals surface area (Å²) < 4.78 is 0. The predicted octanol–water partition coefficient (Wildman–Crippen LogP) is 4.85. The number of hydrogen-bond acceptors (Lipinski definition) is 3. The minimum absolute atomic E-state index is 0.0812. The summed E-state index contributed by atoms with van der Waals surface area (Å²) in [7, 11) is 0. The van der Waals surface area contributed by atoms with Crippen molar-refractivity contribution in [1.29, 1.82) is 0 Å². The number of carbonyl (C=O) groups is 1. The molecule has 144 valence electrons. The number of H-pyrrole nitrogens is 1. The Balaban J connectivity index is 1.55. The number of pyridine rings is 1. The van der Waals surface area contributed by atoms with E-state index >= 15 is 0 Å². The van der Waals surface area contributed by atoms with Crippen LogP contribution in [0.4, 0.5) is 5.69 Å². The lowest BCUT2D eigenvalue weighted by atomic mass is 9.80. The van der Waals surface area contributed by atoms with Gasteiger partial charge in [0, 0.05) is 34.4 Å². The first-order valence-electron chi connectivity index (χ1n) is 9.90. The van der Waals surface area contributed by atoms with Crippen molar-refractivity contribution in [1.82, 2.24) is 15.2 Å². The van der Waals surface area contributed by atoms with Crippen molar-refractivity contribution in [2.75, 3.05) is 5.32 Å². The topological polar surface area (TPSA) is 70.7 Å². The van der Waals surface area contributed by atoms with E-state index in [0.29, 0.717) is 6.42 Å². The molecule has 1 amide bonds. The van der Waals surface area contributed by atoms with Crippen LogP contribution < -0.4 is 5.32 Å². The van der Waals surface area contributed by atoms with Crippen LogP contribution >= 0.6 is 0 Å². The van der Waals surface area contributed by atoms with Gasteiger partial charge in [-0.15, -0.1) is 0 Å². The highest BCUT2D eigenvalue weighted by Crippen LogP contribution is 2.37. The zero-order chi connectivity index (χ0) is 20.0. The van der Waals surface area contributed by atoms with Crippen LogP contribution in [0.2, 0.25) is 0 Å². The molecule has 0 radical (unpaired) electrons. The molecule has 29 heavy (non-hydrogen) atoms. The summed E-state index contributed by atoms with van der Waals surface area (Å²) in [5.74, 6) is 0.130. The van der Waals surface area contributed by atoms with Gasteiger partial charge in [0.15, 0.2) is 0 Å². The fourth-order valence-electron chi connectivity index (χ4n) is 4.26. The van der Waals surface area contributed by atoms with Gasteiger partial charge in [-0.3, -0.25) is 14.9 Å². The van der Waals surface area contributed by atoms with Crippen LogP contribution in [0.1, 0.15) is 29.7 Å². The molecule has 0 saturated carbocycles. The van der Waals surface area contributed by atoms with Gasteiger partial charge in [-0.25, -0.2) is 0 Å². The predicted molar refractivity (Wildman–Crippen MR) is 115 cm³/mol. The number of nitrogens with zero attached hydrogens (tertiary/aromatic N) is 2. The monoisotopic (exact) mass is 382 g/mol. The number of anilines is 1. The van der Waals surface area contributed by atoms with Crippen molar-refractivity contribution in [3.63, 3.8) is 0 Å². The normalized spacial score (nSPS) is 17.0. The summed E-state index contributed by atoms with van der Waals surface area (Å²) in [6, 6.07) is 18.4. The number of aryl methyl sites for hydroxylation is 1. The maximum absolute atomic E-state index is 12.8. The van der Waals surface area contributed by atoms with Crippen molar-refractivity contribution < 1.29 is 4.79 Å². The van der Waals surface area contributed by atoms with E-state index in [0.717, 1.165) is 39.1 Å². The molecule has 2 unspecified atom stereocenters. The highest BCUT2D eigenvalue weighted by Gasteiger charge is 2.32. The van der Waals surface area contributed by atoms with Gasteiger partial charge in [-0.1, -0.05) is 37.3 Å². The molecular formula is C24H22N4O. The molecule has 1 aliphatic heterocycles. The molecule has 5 heteroatoms. The smallest absolute Gasteiger partial charge is 0.228 e. The Bertz CT molecular complexity index is 1210. The number of aromatic nitrogens is 3. The van der Waals surface area contributed by atoms with E-state index in [1.54, 1.807) is 6.20 Å². The molecule has 0 fully saturated rings. The van der Waals surface area contributed by atoms with Crippen LogP contribution in [-0.4, -0.2) is 21.1 Å². The first-order chi connectivity index (χ1) is 14.1. The maximum atomic E-state index is 12.8. The van der Waals surface area contributed by atoms with E-state index in [1.807, 2.05) is 43.3 Å². The van der Waals surface area contributed by atoms with E-state index in [9.17, 15) is 4.79 Å². The number of carbonyl (C=O) groups excluding carboxylic acids is 1. The maximum Gasteiger partial charge on any atom is 0.228 e. The fraction of sp³-hybridized carbons (Fsp3) is 0.208. The molecule has 0 spiro atoms. The Labute approximate surface area is 169 Å². The summed E-state index contributed by atoms with van der Waals surface area (Å²) in [6.07, 6.45) is 2.52. The minimum Gasteiger partial charge on any atom is -0.325 e. The molecule has 0 saturated heterocycles. The highest BCUT2D eigenvalue weighted by molar-refractivity contribution is 6.01. The molecule has 0 aliphatic carbocycles. The van der Waals surface area contributed by atoms with Gasteiger partial charge >= 0.3 is 0 Å². The molecule has 1 aliphatic rings. The summed E-state index contributed by atoms with van der Waals surface area (Å²) >= 11 is 0. The lowest BCUT2D eigenvalue weighted by Crippen LogP contribution is -2.33. The number of benzene rings is 2. The molecule has 5 nitrogen and oxygen atoms in total. The largest absolute Gasteiger partial charge is 0.325 e. The molecule has 3 heterocycles. The molecule has 2 atom stereocenters. The Morgan fingerprint density at radius 3 is 2.72 bits per heavy atom. The summed E-state index contributed by atoms with van der Waals surface area (Å²) in [5, 5.41) is 11.8. The van der Waals surface area contributed by atoms with Crippen LogP contribution in [0, 0.1) is 12.8 Å². The number of aromatic amines is 1. The quantitative estimate of drug-likeness (QED) is 0.532. The van der Waals surface area contributed by atoms with Crippen molar-refractivity contribution in [2.24, 2.45) is 5.92 Å². The second-order valence-electron chi connectivity index (χ2n) is 7.81. The third kappa shape index (κ3) is 3.09. The Morgan fingerprint density at radius 1 is 1.10 bits per heavy atom. The number of fused-ring (bicyclic) bond motifs is 2. The van der Waals surface area contributed by atoms with E-state index < -0.39 is 0 Å². The number of amides is 1. The van der Waals surface area contributed by atoms with E-state index in [1.165, 1.54) is 5.56 Å². The Hall–Kier alpha value is -3.47. The van der Waals surface area contributed by atoms with Gasteiger partial charge in [0.2, 0.25) is 5.91 Å². The highest BCUT2D eigenvalue weighted by atomic mass is 16.2. The number of hydrogen-bond donors (Lipinski definition) is 2. The van der Waals surface area contributed by atoms with Gasteiger partial charge in [-0.05, 0) is 54.7 Å². The van der Waals surface area contributed by atoms with Crippen LogP contribution in [0.3, 0.4) is 0 Å². The van der Waals surface area contributed by atoms with Crippen LogP contribution in [0.25, 0.3) is 22.2 Å². The number of rotatable bonds is 3. The van der Waals surface area contributed by atoms with Gasteiger partial charge in [-0.2, -0.15) is 5.10 Å². The average Bonchev–Trinajstić information content (AvgIpc) is 3.14. The Morgan fingerprint density at radius 2 is 1.93 bits per heavy atom. The van der Waals surface area contributed by atoms with Gasteiger partial charge < -0.3 is 5.32 Å². The molecular weight excluding hydrogens is 360 g/mol. The zero-order valence-corrected chi connectivity index (χ0v) is 16.4. The summed E-state index contributed by atoms with van der Waals surface area (Å²) in [4.78, 5) is 17.1. The van der Waals surface area contributed by atoms with Crippen molar-refractivity contribution in [3.05, 3.63) is 77.6 Å². The molecule has 0 bridgehead atoms. The molecule has 2 aromatic carbocycles. The minimum atomic E-state index is -0.0964. The van der Waals surface area contributed by atoms with E-state index in [4.69, 9.17) is 0 Å². The molecule has 4 aromatic rings. The average molecular weight is 382 g/mol. The van der Waals surface area contributed by atoms with Crippen LogP contribution in [-0.2, 0) is 11.2 Å². The third-order valence-corrected chi connectivity index (χ3v) is 5.92. The standard InChI is InChI=1S/C24H22N4O/c1-14-10-17(8-9-25-14)23-20-12-18-11-19(15(2)16-6-4-3-5-7-16)24(29)26-21(18)13-22(20)27-28-23/h3-10,12-13,15,19H,11H2,1-2H3,(H,26,29)(H,27,28). The van der Waals surface area contributed by atoms with Crippen LogP contribution in [0.15, 0.2) is 60.8 Å². The van der Waals surface area contributed by atoms with Gasteiger partial charge in [0.25, 0.3) is 0 Å². The third-order valence-electron chi connectivity index (χ3n) is 5.92. The lowest BCUT2D eigenvalue weighted by Gasteiger charge is -2.29. The zero-order valence-electron chi connectivity index (χ0n) is 16.4. The lowest BCUT2D eigenvalue weighted by molar-refractivity contribution is -0.120. The first kappa shape index (κ1) is 17.6. The van der Waals surface area contributed by atoms with Crippen molar-refractivity contribution >= 4 is 22.5 Å². The fourth-order valence-corrected chi connectivity index (χ4v) is 4.26. The Kier molecular flexibility index (Phi) is 4.16.